The lowest BCUT2D eigenvalue weighted by Gasteiger charge is -2.32. The molecule has 0 saturated carbocycles. The number of amides is 1. The number of hydrogen-bond donors (Lipinski definition) is 4. The number of aromatic nitrogens is 2. The molecule has 4 rings (SSSR count). The number of rotatable bonds is 8. The first-order valence-corrected chi connectivity index (χ1v) is 12.5. The molecule has 1 aliphatic rings. The summed E-state index contributed by atoms with van der Waals surface area (Å²) in [5.74, 6) is 0.123. The molecule has 3 aromatic rings. The molecule has 6 N–H and O–H groups in total. The number of methoxy groups -OCH3 is 1. The first-order valence-electron chi connectivity index (χ1n) is 12.5. The molecule has 41 heavy (non-hydrogen) atoms. The third kappa shape index (κ3) is 6.84. The van der Waals surface area contributed by atoms with Gasteiger partial charge in [-0.25, -0.2) is 9.98 Å². The molecule has 0 bridgehead atoms. The Hall–Kier alpha value is -4.85. The summed E-state index contributed by atoms with van der Waals surface area (Å²) in [5, 5.41) is 5.37. The van der Waals surface area contributed by atoms with E-state index in [4.69, 9.17) is 16.2 Å². The van der Waals surface area contributed by atoms with Crippen LogP contribution in [0.1, 0.15) is 21.6 Å². The SMILES string of the molecule is C=CNc1c(N)nc(N2CCN(C)CC2)nc1C(N)=Nc1cc(C(=O)Nc2cccc(C(F)(F)F)c2)ccc1OC. The minimum atomic E-state index is -4.55. The van der Waals surface area contributed by atoms with Crippen LogP contribution in [-0.4, -0.2) is 66.9 Å². The molecule has 216 valence electrons. The van der Waals surface area contributed by atoms with Gasteiger partial charge in [0, 0.05) is 37.4 Å². The van der Waals surface area contributed by atoms with E-state index in [1.807, 2.05) is 11.9 Å². The first-order chi connectivity index (χ1) is 19.5. The van der Waals surface area contributed by atoms with Gasteiger partial charge in [-0.1, -0.05) is 12.6 Å². The van der Waals surface area contributed by atoms with Crippen LogP contribution >= 0.6 is 0 Å². The molecule has 0 spiro atoms. The number of piperazine rings is 1. The van der Waals surface area contributed by atoms with Gasteiger partial charge in [-0.05, 0) is 49.6 Å². The Labute approximate surface area is 234 Å². The fourth-order valence-corrected chi connectivity index (χ4v) is 4.12. The number of nitrogen functional groups attached to an aromatic ring is 1. The van der Waals surface area contributed by atoms with Crippen LogP contribution in [0.3, 0.4) is 0 Å². The molecule has 1 aliphatic heterocycles. The van der Waals surface area contributed by atoms with Gasteiger partial charge in [0.2, 0.25) is 5.95 Å². The topological polar surface area (TPSA) is 147 Å². The molecule has 0 atom stereocenters. The van der Waals surface area contributed by atoms with Crippen molar-refractivity contribution in [2.45, 2.75) is 6.18 Å². The summed E-state index contributed by atoms with van der Waals surface area (Å²) in [6.45, 7) is 6.69. The van der Waals surface area contributed by atoms with Gasteiger partial charge in [0.25, 0.3) is 5.91 Å². The first kappa shape index (κ1) is 29.1. The van der Waals surface area contributed by atoms with Gasteiger partial charge in [0.05, 0.1) is 12.7 Å². The van der Waals surface area contributed by atoms with Crippen LogP contribution in [0.2, 0.25) is 0 Å². The fourth-order valence-electron chi connectivity index (χ4n) is 4.12. The minimum Gasteiger partial charge on any atom is -0.494 e. The summed E-state index contributed by atoms with van der Waals surface area (Å²) < 4.78 is 44.7. The summed E-state index contributed by atoms with van der Waals surface area (Å²) in [6.07, 6.45) is -3.14. The van der Waals surface area contributed by atoms with Crippen molar-refractivity contribution in [1.29, 1.82) is 0 Å². The number of nitrogens with one attached hydrogen (secondary N) is 2. The van der Waals surface area contributed by atoms with Crippen LogP contribution < -0.4 is 31.7 Å². The van der Waals surface area contributed by atoms with Gasteiger partial charge >= 0.3 is 6.18 Å². The Bertz CT molecular complexity index is 1470. The third-order valence-electron chi connectivity index (χ3n) is 6.33. The van der Waals surface area contributed by atoms with Crippen molar-refractivity contribution < 1.29 is 22.7 Å². The molecule has 1 amide bonds. The maximum absolute atomic E-state index is 13.1. The maximum atomic E-state index is 13.1. The smallest absolute Gasteiger partial charge is 0.416 e. The van der Waals surface area contributed by atoms with Crippen molar-refractivity contribution in [2.75, 3.05) is 61.6 Å². The Morgan fingerprint density at radius 3 is 2.54 bits per heavy atom. The van der Waals surface area contributed by atoms with Crippen LogP contribution in [0.15, 0.2) is 60.2 Å². The van der Waals surface area contributed by atoms with Gasteiger partial charge < -0.3 is 36.6 Å². The normalized spacial score (nSPS) is 14.5. The average Bonchev–Trinajstić information content (AvgIpc) is 2.94. The summed E-state index contributed by atoms with van der Waals surface area (Å²) in [5.41, 5.74) is 12.6. The second kappa shape index (κ2) is 12.1. The highest BCUT2D eigenvalue weighted by Gasteiger charge is 2.30. The Morgan fingerprint density at radius 1 is 1.15 bits per heavy atom. The number of carbonyl (C=O) groups excluding carboxylic acids is 1. The maximum Gasteiger partial charge on any atom is 0.416 e. The highest BCUT2D eigenvalue weighted by molar-refractivity contribution is 6.06. The van der Waals surface area contributed by atoms with Gasteiger partial charge in [-0.3, -0.25) is 4.79 Å². The van der Waals surface area contributed by atoms with E-state index in [0.29, 0.717) is 30.5 Å². The highest BCUT2D eigenvalue weighted by atomic mass is 19.4. The highest BCUT2D eigenvalue weighted by Crippen LogP contribution is 2.33. The number of anilines is 4. The zero-order valence-corrected chi connectivity index (χ0v) is 22.5. The summed E-state index contributed by atoms with van der Waals surface area (Å²) in [6, 6.07) is 8.70. The van der Waals surface area contributed by atoms with Crippen molar-refractivity contribution in [3.63, 3.8) is 0 Å². The number of carbonyl (C=O) groups is 1. The van der Waals surface area contributed by atoms with E-state index in [9.17, 15) is 18.0 Å². The molecule has 2 heterocycles. The third-order valence-corrected chi connectivity index (χ3v) is 6.33. The van der Waals surface area contributed by atoms with Crippen molar-refractivity contribution in [3.05, 3.63) is 72.1 Å². The van der Waals surface area contributed by atoms with E-state index in [1.165, 1.54) is 43.6 Å². The Morgan fingerprint density at radius 2 is 1.88 bits per heavy atom. The number of aliphatic imine (C=N–C) groups is 1. The van der Waals surface area contributed by atoms with E-state index in [2.05, 4.69) is 37.1 Å². The van der Waals surface area contributed by atoms with E-state index < -0.39 is 17.6 Å². The molecule has 0 unspecified atom stereocenters. The largest absolute Gasteiger partial charge is 0.494 e. The van der Waals surface area contributed by atoms with Crippen LogP contribution in [0.4, 0.5) is 42.0 Å². The van der Waals surface area contributed by atoms with E-state index in [0.717, 1.165) is 25.2 Å². The summed E-state index contributed by atoms with van der Waals surface area (Å²) in [4.78, 5) is 30.6. The lowest BCUT2D eigenvalue weighted by atomic mass is 10.1. The number of ether oxygens (including phenoxy) is 1. The number of likely N-dealkylation sites (N-methyl/N-ethyl adjacent to an activating group) is 1. The number of nitrogens with two attached hydrogens (primary N) is 2. The lowest BCUT2D eigenvalue weighted by molar-refractivity contribution is -0.137. The number of alkyl halides is 3. The van der Waals surface area contributed by atoms with Crippen molar-refractivity contribution >= 4 is 40.6 Å². The second-order valence-electron chi connectivity index (χ2n) is 9.19. The Balaban J connectivity index is 1.68. The van der Waals surface area contributed by atoms with Crippen molar-refractivity contribution in [1.82, 2.24) is 14.9 Å². The van der Waals surface area contributed by atoms with Crippen LogP contribution in [-0.2, 0) is 6.18 Å². The average molecular weight is 570 g/mol. The second-order valence-corrected chi connectivity index (χ2v) is 9.19. The number of halogens is 3. The monoisotopic (exact) mass is 569 g/mol. The molecule has 1 saturated heterocycles. The molecule has 11 nitrogen and oxygen atoms in total. The van der Waals surface area contributed by atoms with Crippen LogP contribution in [0.25, 0.3) is 0 Å². The molecule has 1 aromatic heterocycles. The van der Waals surface area contributed by atoms with E-state index in [-0.39, 0.29) is 34.3 Å². The van der Waals surface area contributed by atoms with E-state index >= 15 is 0 Å². The number of nitrogens with zero attached hydrogens (tertiary/aromatic N) is 5. The predicted molar refractivity (Wildman–Crippen MR) is 153 cm³/mol. The number of hydrogen-bond acceptors (Lipinski definition) is 9. The van der Waals surface area contributed by atoms with Gasteiger partial charge in [0.15, 0.2) is 11.7 Å². The van der Waals surface area contributed by atoms with Gasteiger partial charge in [-0.15, -0.1) is 0 Å². The molecular formula is C27H30F3N9O2. The Kier molecular flexibility index (Phi) is 8.62. The standard InChI is InChI=1S/C27H30F3N9O2/c1-4-33-21-22(36-26(37-23(21)31)39-12-10-38(2)11-13-39)24(32)35-19-14-16(8-9-20(19)41-3)25(40)34-18-7-5-6-17(15-18)27(28,29)30/h4-9,14-15,33H,1,10-13H2,2-3H3,(H2,32,35)(H,34,40)(H2,31,36,37). The minimum absolute atomic E-state index is 0.0155. The van der Waals surface area contributed by atoms with E-state index in [1.54, 1.807) is 0 Å². The number of amidine groups is 1. The molecule has 0 aliphatic carbocycles. The predicted octanol–water partition coefficient (Wildman–Crippen LogP) is 3.68. The molecule has 14 heteroatoms. The zero-order valence-electron chi connectivity index (χ0n) is 22.5. The van der Waals surface area contributed by atoms with Gasteiger partial charge in [-0.2, -0.15) is 18.2 Å². The van der Waals surface area contributed by atoms with Gasteiger partial charge in [0.1, 0.15) is 22.8 Å². The fraction of sp³-hybridized carbons (Fsp3) is 0.259. The summed E-state index contributed by atoms with van der Waals surface area (Å²) >= 11 is 0. The van der Waals surface area contributed by atoms with Crippen LogP contribution in [0.5, 0.6) is 5.75 Å². The van der Waals surface area contributed by atoms with Crippen LogP contribution in [0, 0.1) is 0 Å². The molecular weight excluding hydrogens is 539 g/mol. The molecule has 0 radical (unpaired) electrons. The lowest BCUT2D eigenvalue weighted by Crippen LogP contribution is -2.45. The summed E-state index contributed by atoms with van der Waals surface area (Å²) in [7, 11) is 3.45. The zero-order chi connectivity index (χ0) is 29.7. The quantitative estimate of drug-likeness (QED) is 0.236. The molecule has 2 aromatic carbocycles. The van der Waals surface area contributed by atoms with Crippen molar-refractivity contribution in [2.24, 2.45) is 10.7 Å². The molecule has 1 fully saturated rings. The number of benzene rings is 2. The van der Waals surface area contributed by atoms with Crippen molar-refractivity contribution in [3.8, 4) is 5.75 Å².